The van der Waals surface area contributed by atoms with E-state index in [0.29, 0.717) is 16.9 Å². The SMILES string of the molecule is C[C@H]1CCCC[C@H]1NC(=O)CSc1nnc(-c2ccccc2)n1-c1ccc(F)cc1. The van der Waals surface area contributed by atoms with Gasteiger partial charge in [-0.1, -0.05) is 61.9 Å². The molecule has 3 aromatic rings. The lowest BCUT2D eigenvalue weighted by Gasteiger charge is -2.29. The maximum absolute atomic E-state index is 13.5. The average Bonchev–Trinajstić information content (AvgIpc) is 3.19. The van der Waals surface area contributed by atoms with Crippen LogP contribution in [0.25, 0.3) is 17.1 Å². The van der Waals surface area contributed by atoms with Crippen molar-refractivity contribution in [2.45, 2.75) is 43.8 Å². The first-order chi connectivity index (χ1) is 14.6. The van der Waals surface area contributed by atoms with Crippen LogP contribution >= 0.6 is 11.8 Å². The van der Waals surface area contributed by atoms with Crippen LogP contribution in [0.5, 0.6) is 0 Å². The summed E-state index contributed by atoms with van der Waals surface area (Å²) in [5, 5.41) is 12.5. The quantitative estimate of drug-likeness (QED) is 0.574. The van der Waals surface area contributed by atoms with Crippen molar-refractivity contribution in [2.75, 3.05) is 5.75 Å². The van der Waals surface area contributed by atoms with E-state index in [-0.39, 0.29) is 23.5 Å². The molecule has 5 nitrogen and oxygen atoms in total. The molecule has 7 heteroatoms. The van der Waals surface area contributed by atoms with Gasteiger partial charge < -0.3 is 5.32 Å². The molecule has 2 atom stereocenters. The van der Waals surface area contributed by atoms with Gasteiger partial charge in [0.05, 0.1) is 5.75 Å². The van der Waals surface area contributed by atoms with E-state index >= 15 is 0 Å². The van der Waals surface area contributed by atoms with E-state index in [0.717, 1.165) is 24.1 Å². The highest BCUT2D eigenvalue weighted by molar-refractivity contribution is 7.99. The van der Waals surface area contributed by atoms with Crippen LogP contribution in [0.2, 0.25) is 0 Å². The summed E-state index contributed by atoms with van der Waals surface area (Å²) in [5.74, 6) is 1.14. The normalized spacial score (nSPS) is 18.9. The van der Waals surface area contributed by atoms with Crippen LogP contribution in [0.3, 0.4) is 0 Å². The highest BCUT2D eigenvalue weighted by atomic mass is 32.2. The van der Waals surface area contributed by atoms with E-state index < -0.39 is 0 Å². The highest BCUT2D eigenvalue weighted by Gasteiger charge is 2.23. The fourth-order valence-electron chi connectivity index (χ4n) is 3.87. The number of carbonyl (C=O) groups excluding carboxylic acids is 1. The zero-order valence-corrected chi connectivity index (χ0v) is 17.7. The first-order valence-corrected chi connectivity index (χ1v) is 11.3. The predicted molar refractivity (Wildman–Crippen MR) is 117 cm³/mol. The number of nitrogens with one attached hydrogen (secondary N) is 1. The molecule has 30 heavy (non-hydrogen) atoms. The molecule has 1 amide bonds. The molecule has 1 heterocycles. The number of nitrogens with zero attached hydrogens (tertiary/aromatic N) is 3. The fraction of sp³-hybridized carbons (Fsp3) is 0.348. The molecule has 1 aromatic heterocycles. The van der Waals surface area contributed by atoms with E-state index in [1.165, 1.54) is 36.7 Å². The number of halogens is 1. The number of aromatic nitrogens is 3. The van der Waals surface area contributed by atoms with Crippen molar-refractivity contribution in [1.29, 1.82) is 0 Å². The van der Waals surface area contributed by atoms with Crippen LogP contribution in [0.1, 0.15) is 32.6 Å². The Balaban J connectivity index is 1.55. The zero-order chi connectivity index (χ0) is 20.9. The van der Waals surface area contributed by atoms with Crippen LogP contribution in [0.15, 0.2) is 59.8 Å². The number of benzene rings is 2. The average molecular weight is 425 g/mol. The van der Waals surface area contributed by atoms with Crippen molar-refractivity contribution in [2.24, 2.45) is 5.92 Å². The lowest BCUT2D eigenvalue weighted by molar-refractivity contribution is -0.119. The van der Waals surface area contributed by atoms with Gasteiger partial charge in [0.15, 0.2) is 11.0 Å². The molecule has 0 radical (unpaired) electrons. The molecule has 156 valence electrons. The summed E-state index contributed by atoms with van der Waals surface area (Å²) >= 11 is 1.34. The smallest absolute Gasteiger partial charge is 0.230 e. The third-order valence-corrected chi connectivity index (χ3v) is 6.47. The Morgan fingerprint density at radius 3 is 2.57 bits per heavy atom. The molecule has 2 aromatic carbocycles. The second-order valence-corrected chi connectivity index (χ2v) is 8.65. The van der Waals surface area contributed by atoms with Gasteiger partial charge >= 0.3 is 0 Å². The van der Waals surface area contributed by atoms with Gasteiger partial charge in [-0.3, -0.25) is 9.36 Å². The number of hydrogen-bond acceptors (Lipinski definition) is 4. The van der Waals surface area contributed by atoms with Crippen LogP contribution in [0, 0.1) is 11.7 Å². The van der Waals surface area contributed by atoms with Crippen LogP contribution in [-0.2, 0) is 4.79 Å². The van der Waals surface area contributed by atoms with Crippen molar-refractivity contribution in [3.8, 4) is 17.1 Å². The molecule has 0 bridgehead atoms. The summed E-state index contributed by atoms with van der Waals surface area (Å²) in [7, 11) is 0. The zero-order valence-electron chi connectivity index (χ0n) is 16.9. The number of rotatable bonds is 6. The molecule has 0 aliphatic heterocycles. The second-order valence-electron chi connectivity index (χ2n) is 7.71. The van der Waals surface area contributed by atoms with Crippen molar-refractivity contribution in [3.63, 3.8) is 0 Å². The number of hydrogen-bond donors (Lipinski definition) is 1. The van der Waals surface area contributed by atoms with Crippen molar-refractivity contribution in [1.82, 2.24) is 20.1 Å². The van der Waals surface area contributed by atoms with E-state index in [4.69, 9.17) is 0 Å². The van der Waals surface area contributed by atoms with Crippen molar-refractivity contribution in [3.05, 3.63) is 60.4 Å². The second kappa shape index (κ2) is 9.43. The molecule has 0 spiro atoms. The Kier molecular flexibility index (Phi) is 6.47. The molecule has 1 aliphatic rings. The van der Waals surface area contributed by atoms with E-state index in [1.54, 1.807) is 12.1 Å². The summed E-state index contributed by atoms with van der Waals surface area (Å²) in [6, 6.07) is 16.2. The molecule has 1 aliphatic carbocycles. The van der Waals surface area contributed by atoms with Gasteiger partial charge in [0, 0.05) is 17.3 Å². The summed E-state index contributed by atoms with van der Waals surface area (Å²) < 4.78 is 15.3. The van der Waals surface area contributed by atoms with Gasteiger partial charge in [0.25, 0.3) is 0 Å². The van der Waals surface area contributed by atoms with Crippen molar-refractivity contribution < 1.29 is 9.18 Å². The Morgan fingerprint density at radius 2 is 1.83 bits per heavy atom. The largest absolute Gasteiger partial charge is 0.352 e. The van der Waals surface area contributed by atoms with Gasteiger partial charge in [-0.25, -0.2) is 4.39 Å². The van der Waals surface area contributed by atoms with Crippen molar-refractivity contribution >= 4 is 17.7 Å². The van der Waals surface area contributed by atoms with Crippen LogP contribution < -0.4 is 5.32 Å². The number of carbonyl (C=O) groups is 1. The fourth-order valence-corrected chi connectivity index (χ4v) is 4.63. The van der Waals surface area contributed by atoms with Crippen LogP contribution in [0.4, 0.5) is 4.39 Å². The minimum atomic E-state index is -0.303. The molecular formula is C23H25FN4OS. The molecule has 4 rings (SSSR count). The minimum Gasteiger partial charge on any atom is -0.352 e. The van der Waals surface area contributed by atoms with Gasteiger partial charge in [0.2, 0.25) is 5.91 Å². The van der Waals surface area contributed by atoms with E-state index in [9.17, 15) is 9.18 Å². The van der Waals surface area contributed by atoms with Gasteiger partial charge in [0.1, 0.15) is 5.82 Å². The van der Waals surface area contributed by atoms with Gasteiger partial charge in [-0.2, -0.15) is 0 Å². The summed E-state index contributed by atoms with van der Waals surface area (Å²) in [6.07, 6.45) is 4.62. The minimum absolute atomic E-state index is 0.00803. The number of thioether (sulfide) groups is 1. The Labute approximate surface area is 180 Å². The Morgan fingerprint density at radius 1 is 1.10 bits per heavy atom. The lowest BCUT2D eigenvalue weighted by atomic mass is 9.86. The third kappa shape index (κ3) is 4.73. The monoisotopic (exact) mass is 424 g/mol. The molecule has 0 unspecified atom stereocenters. The Hall–Kier alpha value is -2.67. The maximum atomic E-state index is 13.5. The van der Waals surface area contributed by atoms with E-state index in [1.807, 2.05) is 34.9 Å². The predicted octanol–water partition coefficient (Wildman–Crippen LogP) is 4.86. The van der Waals surface area contributed by atoms with Gasteiger partial charge in [-0.15, -0.1) is 10.2 Å². The Bertz CT molecular complexity index is 990. The third-order valence-electron chi connectivity index (χ3n) is 5.54. The summed E-state index contributed by atoms with van der Waals surface area (Å²) in [6.45, 7) is 2.20. The maximum Gasteiger partial charge on any atom is 0.230 e. The lowest BCUT2D eigenvalue weighted by Crippen LogP contribution is -2.41. The highest BCUT2D eigenvalue weighted by Crippen LogP contribution is 2.28. The van der Waals surface area contributed by atoms with Crippen LogP contribution in [-0.4, -0.2) is 32.5 Å². The topological polar surface area (TPSA) is 59.8 Å². The first-order valence-electron chi connectivity index (χ1n) is 10.3. The molecular weight excluding hydrogens is 399 g/mol. The van der Waals surface area contributed by atoms with E-state index in [2.05, 4.69) is 22.4 Å². The molecule has 1 fully saturated rings. The molecule has 0 saturated heterocycles. The molecule has 1 N–H and O–H groups in total. The van der Waals surface area contributed by atoms with Gasteiger partial charge in [-0.05, 0) is 43.0 Å². The first kappa shape index (κ1) is 20.6. The molecule has 1 saturated carbocycles. The number of amides is 1. The standard InChI is InChI=1S/C23H25FN4OS/c1-16-7-5-6-10-20(16)25-21(29)15-30-23-27-26-22(17-8-3-2-4-9-17)28(23)19-13-11-18(24)12-14-19/h2-4,8-9,11-14,16,20H,5-7,10,15H2,1H3,(H,25,29)/t16-,20+/m0/s1. The summed E-state index contributed by atoms with van der Waals surface area (Å²) in [5.41, 5.74) is 1.66. The summed E-state index contributed by atoms with van der Waals surface area (Å²) in [4.78, 5) is 12.6.